The molecule has 0 spiro atoms. The van der Waals surface area contributed by atoms with E-state index in [0.29, 0.717) is 6.42 Å². The molecule has 0 bridgehead atoms. The Kier molecular flexibility index (Phi) is 4.21. The molecule has 0 radical (unpaired) electrons. The van der Waals surface area contributed by atoms with Crippen molar-refractivity contribution in [3.63, 3.8) is 0 Å². The van der Waals surface area contributed by atoms with E-state index in [0.717, 1.165) is 6.42 Å². The van der Waals surface area contributed by atoms with Crippen LogP contribution in [0.3, 0.4) is 0 Å². The quantitative estimate of drug-likeness (QED) is 0.768. The molecule has 6 heteroatoms. The number of anilines is 1. The Hall–Kier alpha value is -2.16. The first-order valence-corrected chi connectivity index (χ1v) is 4.90. The lowest BCUT2D eigenvalue weighted by atomic mass is 10.2. The molecule has 1 heterocycles. The minimum Gasteiger partial charge on any atom is -0.480 e. The van der Waals surface area contributed by atoms with Gasteiger partial charge in [0.05, 0.1) is 0 Å². The molecule has 1 aromatic heterocycles. The molecule has 0 aliphatic heterocycles. The normalized spacial score (nSPS) is 11.5. The second-order valence-corrected chi connectivity index (χ2v) is 3.20. The topological polar surface area (TPSA) is 98.9 Å². The van der Waals surface area contributed by atoms with E-state index in [1.165, 1.54) is 12.3 Å². The van der Waals surface area contributed by atoms with Gasteiger partial charge in [-0.1, -0.05) is 13.3 Å². The molecule has 0 amide bonds. The third-order valence-electron chi connectivity index (χ3n) is 1.95. The zero-order valence-electron chi connectivity index (χ0n) is 8.84. The second kappa shape index (κ2) is 5.66. The van der Waals surface area contributed by atoms with Gasteiger partial charge in [-0.15, -0.1) is 0 Å². The van der Waals surface area contributed by atoms with Gasteiger partial charge in [-0.3, -0.25) is 0 Å². The molecule has 0 fully saturated rings. The highest BCUT2D eigenvalue weighted by Gasteiger charge is 2.16. The molecule has 84 valence electrons. The summed E-state index contributed by atoms with van der Waals surface area (Å²) in [4.78, 5) is 18.6. The lowest BCUT2D eigenvalue weighted by molar-refractivity contribution is -0.138. The van der Waals surface area contributed by atoms with Crippen LogP contribution in [0, 0.1) is 11.3 Å². The SMILES string of the molecule is CCCC(Nc1nccc(C#N)n1)C(=O)O. The van der Waals surface area contributed by atoms with Crippen LogP contribution in [0.4, 0.5) is 5.95 Å². The van der Waals surface area contributed by atoms with Crippen LogP contribution in [0.1, 0.15) is 25.5 Å². The summed E-state index contributed by atoms with van der Waals surface area (Å²) in [5.74, 6) is -0.785. The van der Waals surface area contributed by atoms with Crippen LogP contribution < -0.4 is 5.32 Å². The molecule has 0 saturated carbocycles. The number of nitrogens with one attached hydrogen (secondary N) is 1. The van der Waals surface area contributed by atoms with E-state index in [2.05, 4.69) is 15.3 Å². The molecule has 0 aliphatic carbocycles. The van der Waals surface area contributed by atoms with Gasteiger partial charge in [-0.25, -0.2) is 14.8 Å². The molecule has 2 N–H and O–H groups in total. The van der Waals surface area contributed by atoms with Gasteiger partial charge in [-0.05, 0) is 12.5 Å². The molecule has 1 atom stereocenters. The van der Waals surface area contributed by atoms with Crippen LogP contribution in [0.5, 0.6) is 0 Å². The number of carboxylic acids is 1. The smallest absolute Gasteiger partial charge is 0.326 e. The summed E-state index contributed by atoms with van der Waals surface area (Å²) < 4.78 is 0. The van der Waals surface area contributed by atoms with Crippen LogP contribution in [0.2, 0.25) is 0 Å². The fourth-order valence-corrected chi connectivity index (χ4v) is 1.19. The monoisotopic (exact) mass is 220 g/mol. The number of nitrogens with zero attached hydrogens (tertiary/aromatic N) is 3. The Morgan fingerprint density at radius 2 is 2.50 bits per heavy atom. The summed E-state index contributed by atoms with van der Waals surface area (Å²) in [6, 6.07) is 2.60. The minimum absolute atomic E-state index is 0.167. The van der Waals surface area contributed by atoms with Crippen molar-refractivity contribution in [3.05, 3.63) is 18.0 Å². The first kappa shape index (κ1) is 11.9. The van der Waals surface area contributed by atoms with Crippen LogP contribution in [-0.2, 0) is 4.79 Å². The van der Waals surface area contributed by atoms with Crippen LogP contribution in [0.25, 0.3) is 0 Å². The third-order valence-corrected chi connectivity index (χ3v) is 1.95. The van der Waals surface area contributed by atoms with E-state index in [1.54, 1.807) is 0 Å². The number of aromatic nitrogens is 2. The van der Waals surface area contributed by atoms with Gasteiger partial charge in [0.2, 0.25) is 5.95 Å². The maximum Gasteiger partial charge on any atom is 0.326 e. The van der Waals surface area contributed by atoms with Gasteiger partial charge in [-0.2, -0.15) is 5.26 Å². The van der Waals surface area contributed by atoms with Crippen molar-refractivity contribution < 1.29 is 9.90 Å². The Balaban J connectivity index is 2.77. The van der Waals surface area contributed by atoms with Crippen LogP contribution >= 0.6 is 0 Å². The third kappa shape index (κ3) is 3.20. The fourth-order valence-electron chi connectivity index (χ4n) is 1.19. The summed E-state index contributed by atoms with van der Waals surface area (Å²) in [5, 5.41) is 20.2. The number of hydrogen-bond acceptors (Lipinski definition) is 5. The highest BCUT2D eigenvalue weighted by atomic mass is 16.4. The molecule has 0 aliphatic rings. The summed E-state index contributed by atoms with van der Waals surface area (Å²) in [6.07, 6.45) is 2.64. The summed E-state index contributed by atoms with van der Waals surface area (Å²) in [7, 11) is 0. The molecule has 16 heavy (non-hydrogen) atoms. The molecule has 1 aromatic rings. The molecule has 1 rings (SSSR count). The predicted octanol–water partition coefficient (Wildman–Crippen LogP) is 1.01. The van der Waals surface area contributed by atoms with Gasteiger partial charge in [0.15, 0.2) is 0 Å². The van der Waals surface area contributed by atoms with Crippen molar-refractivity contribution >= 4 is 11.9 Å². The van der Waals surface area contributed by atoms with E-state index in [1.807, 2.05) is 13.0 Å². The molecular weight excluding hydrogens is 208 g/mol. The summed E-state index contributed by atoms with van der Waals surface area (Å²) in [5.41, 5.74) is 0.207. The number of carbonyl (C=O) groups is 1. The van der Waals surface area contributed by atoms with Gasteiger partial charge in [0.25, 0.3) is 0 Å². The highest BCUT2D eigenvalue weighted by molar-refractivity contribution is 5.76. The van der Waals surface area contributed by atoms with Gasteiger partial charge >= 0.3 is 5.97 Å². The molecule has 0 saturated heterocycles. The lowest BCUT2D eigenvalue weighted by Crippen LogP contribution is -2.29. The molecule has 6 nitrogen and oxygen atoms in total. The largest absolute Gasteiger partial charge is 0.480 e. The van der Waals surface area contributed by atoms with E-state index in [-0.39, 0.29) is 11.6 Å². The maximum atomic E-state index is 10.9. The van der Waals surface area contributed by atoms with Crippen LogP contribution in [0.15, 0.2) is 12.3 Å². The summed E-state index contributed by atoms with van der Waals surface area (Å²) >= 11 is 0. The zero-order chi connectivity index (χ0) is 12.0. The number of aliphatic carboxylic acids is 1. The van der Waals surface area contributed by atoms with Gasteiger partial charge in [0.1, 0.15) is 17.8 Å². The van der Waals surface area contributed by atoms with Crippen LogP contribution in [-0.4, -0.2) is 27.1 Å². The first-order chi connectivity index (χ1) is 7.67. The Bertz CT molecular complexity index is 414. The Labute approximate surface area is 93.0 Å². The van der Waals surface area contributed by atoms with Gasteiger partial charge < -0.3 is 10.4 Å². The summed E-state index contributed by atoms with van der Waals surface area (Å²) in [6.45, 7) is 1.89. The van der Waals surface area contributed by atoms with Crippen molar-refractivity contribution in [1.82, 2.24) is 9.97 Å². The molecule has 1 unspecified atom stereocenters. The standard InChI is InChI=1S/C10H12N4O2/c1-2-3-8(9(15)16)14-10-12-5-4-7(6-11)13-10/h4-5,8H,2-3H2,1H3,(H,15,16)(H,12,13,14). The Morgan fingerprint density at radius 1 is 1.75 bits per heavy atom. The number of rotatable bonds is 5. The van der Waals surface area contributed by atoms with E-state index in [4.69, 9.17) is 10.4 Å². The van der Waals surface area contributed by atoms with Crippen molar-refractivity contribution in [2.45, 2.75) is 25.8 Å². The highest BCUT2D eigenvalue weighted by Crippen LogP contribution is 2.06. The van der Waals surface area contributed by atoms with E-state index in [9.17, 15) is 4.79 Å². The van der Waals surface area contributed by atoms with Crippen molar-refractivity contribution in [1.29, 1.82) is 5.26 Å². The molecule has 0 aromatic carbocycles. The maximum absolute atomic E-state index is 10.9. The minimum atomic E-state index is -0.951. The zero-order valence-corrected chi connectivity index (χ0v) is 8.84. The first-order valence-electron chi connectivity index (χ1n) is 4.90. The average molecular weight is 220 g/mol. The lowest BCUT2D eigenvalue weighted by Gasteiger charge is -2.12. The average Bonchev–Trinajstić information content (AvgIpc) is 2.28. The van der Waals surface area contributed by atoms with Crippen molar-refractivity contribution in [2.75, 3.05) is 5.32 Å². The van der Waals surface area contributed by atoms with Crippen molar-refractivity contribution in [3.8, 4) is 6.07 Å². The van der Waals surface area contributed by atoms with Crippen molar-refractivity contribution in [2.24, 2.45) is 0 Å². The Morgan fingerprint density at radius 3 is 3.06 bits per heavy atom. The van der Waals surface area contributed by atoms with Gasteiger partial charge in [0, 0.05) is 6.20 Å². The predicted molar refractivity (Wildman–Crippen MR) is 56.7 cm³/mol. The second-order valence-electron chi connectivity index (χ2n) is 3.20. The van der Waals surface area contributed by atoms with E-state index >= 15 is 0 Å². The number of nitriles is 1. The van der Waals surface area contributed by atoms with E-state index < -0.39 is 12.0 Å². The fraction of sp³-hybridized carbons (Fsp3) is 0.400. The number of hydrogen-bond donors (Lipinski definition) is 2. The number of carboxylic acid groups (broad SMARTS) is 1. The molecular formula is C10H12N4O2.